The minimum atomic E-state index is 0.199. The van der Waals surface area contributed by atoms with Crippen LogP contribution in [0.4, 0.5) is 0 Å². The van der Waals surface area contributed by atoms with Crippen LogP contribution < -0.4 is 4.74 Å². The van der Waals surface area contributed by atoms with Crippen LogP contribution in [0, 0.1) is 22.7 Å². The number of ether oxygens (including phenoxy) is 1. The molecule has 0 aliphatic rings. The zero-order valence-corrected chi connectivity index (χ0v) is 9.83. The molecular formula is C15H8N2O2. The maximum absolute atomic E-state index is 10.5. The topological polar surface area (TPSA) is 73.9 Å². The number of benzene rings is 2. The van der Waals surface area contributed by atoms with Crippen LogP contribution in [-0.4, -0.2) is 6.29 Å². The van der Waals surface area contributed by atoms with Gasteiger partial charge in [0.1, 0.15) is 35.5 Å². The average Bonchev–Trinajstić information content (AvgIpc) is 2.47. The molecule has 0 saturated carbocycles. The summed E-state index contributed by atoms with van der Waals surface area (Å²) < 4.78 is 5.55. The van der Waals surface area contributed by atoms with E-state index < -0.39 is 0 Å². The SMILES string of the molecule is N#Cc1cccc(Oc2ccc(C=O)cc2)c1C#N. The van der Waals surface area contributed by atoms with Gasteiger partial charge in [-0.25, -0.2) is 0 Å². The Morgan fingerprint density at radius 3 is 2.32 bits per heavy atom. The fourth-order valence-corrected chi connectivity index (χ4v) is 1.57. The fraction of sp³-hybridized carbons (Fsp3) is 0. The molecule has 4 heteroatoms. The lowest BCUT2D eigenvalue weighted by molar-refractivity contribution is 0.112. The van der Waals surface area contributed by atoms with Crippen molar-refractivity contribution in [1.29, 1.82) is 10.5 Å². The van der Waals surface area contributed by atoms with Crippen molar-refractivity contribution in [1.82, 2.24) is 0 Å². The maximum Gasteiger partial charge on any atom is 0.150 e. The van der Waals surface area contributed by atoms with Crippen LogP contribution in [0.15, 0.2) is 42.5 Å². The Kier molecular flexibility index (Phi) is 3.56. The molecule has 2 aromatic rings. The third-order valence-electron chi connectivity index (χ3n) is 2.50. The van der Waals surface area contributed by atoms with Crippen molar-refractivity contribution in [3.8, 4) is 23.6 Å². The second-order valence-electron chi connectivity index (χ2n) is 3.69. The highest BCUT2D eigenvalue weighted by Gasteiger charge is 2.09. The molecule has 0 atom stereocenters. The molecule has 90 valence electrons. The van der Waals surface area contributed by atoms with Gasteiger partial charge in [0.25, 0.3) is 0 Å². The molecule has 0 heterocycles. The second-order valence-corrected chi connectivity index (χ2v) is 3.69. The summed E-state index contributed by atoms with van der Waals surface area (Å²) in [5.41, 5.74) is 1.01. The number of hydrogen-bond donors (Lipinski definition) is 0. The van der Waals surface area contributed by atoms with E-state index in [-0.39, 0.29) is 11.1 Å². The van der Waals surface area contributed by atoms with E-state index in [0.29, 0.717) is 17.1 Å². The molecule has 0 fully saturated rings. The van der Waals surface area contributed by atoms with E-state index in [2.05, 4.69) is 0 Å². The van der Waals surface area contributed by atoms with E-state index in [9.17, 15) is 4.79 Å². The largest absolute Gasteiger partial charge is 0.456 e. The lowest BCUT2D eigenvalue weighted by Crippen LogP contribution is -1.91. The van der Waals surface area contributed by atoms with E-state index in [0.717, 1.165) is 6.29 Å². The van der Waals surface area contributed by atoms with Gasteiger partial charge in [-0.15, -0.1) is 0 Å². The van der Waals surface area contributed by atoms with Gasteiger partial charge >= 0.3 is 0 Å². The van der Waals surface area contributed by atoms with Crippen molar-refractivity contribution in [2.75, 3.05) is 0 Å². The van der Waals surface area contributed by atoms with Crippen molar-refractivity contribution in [2.45, 2.75) is 0 Å². The molecule has 0 amide bonds. The summed E-state index contributed by atoms with van der Waals surface area (Å²) in [4.78, 5) is 10.5. The lowest BCUT2D eigenvalue weighted by atomic mass is 10.1. The number of hydrogen-bond acceptors (Lipinski definition) is 4. The van der Waals surface area contributed by atoms with Crippen molar-refractivity contribution in [2.24, 2.45) is 0 Å². The standard InChI is InChI=1S/C15H8N2O2/c16-8-12-2-1-3-15(14(12)9-17)19-13-6-4-11(10-18)5-7-13/h1-7,10H. The minimum Gasteiger partial charge on any atom is -0.456 e. The first kappa shape index (κ1) is 12.3. The van der Waals surface area contributed by atoms with Crippen molar-refractivity contribution < 1.29 is 9.53 Å². The summed E-state index contributed by atoms with van der Waals surface area (Å²) in [5.74, 6) is 0.817. The number of carbonyl (C=O) groups excluding carboxylic acids is 1. The molecule has 0 aliphatic heterocycles. The Labute approximate surface area is 110 Å². The summed E-state index contributed by atoms with van der Waals surface area (Å²) in [6.45, 7) is 0. The van der Waals surface area contributed by atoms with Gasteiger partial charge in [0, 0.05) is 5.56 Å². The summed E-state index contributed by atoms with van der Waals surface area (Å²) in [5, 5.41) is 18.0. The summed E-state index contributed by atoms with van der Waals surface area (Å²) in [6, 6.07) is 15.2. The molecule has 2 aromatic carbocycles. The molecule has 4 nitrogen and oxygen atoms in total. The average molecular weight is 248 g/mol. The van der Waals surface area contributed by atoms with Crippen molar-refractivity contribution in [3.63, 3.8) is 0 Å². The summed E-state index contributed by atoms with van der Waals surface area (Å²) in [6.07, 6.45) is 0.737. The molecule has 0 unspecified atom stereocenters. The Balaban J connectivity index is 2.36. The predicted molar refractivity (Wildman–Crippen MR) is 67.8 cm³/mol. The van der Waals surface area contributed by atoms with Crippen LogP contribution in [0.2, 0.25) is 0 Å². The number of nitrogens with zero attached hydrogens (tertiary/aromatic N) is 2. The molecule has 19 heavy (non-hydrogen) atoms. The predicted octanol–water partition coefficient (Wildman–Crippen LogP) is 3.03. The zero-order chi connectivity index (χ0) is 13.7. The van der Waals surface area contributed by atoms with Crippen LogP contribution in [0.5, 0.6) is 11.5 Å². The first-order chi connectivity index (χ1) is 9.28. The smallest absolute Gasteiger partial charge is 0.150 e. The first-order valence-corrected chi connectivity index (χ1v) is 5.45. The Morgan fingerprint density at radius 1 is 1.00 bits per heavy atom. The fourth-order valence-electron chi connectivity index (χ4n) is 1.57. The van der Waals surface area contributed by atoms with Gasteiger partial charge in [0.2, 0.25) is 0 Å². The monoisotopic (exact) mass is 248 g/mol. The van der Waals surface area contributed by atoms with E-state index in [1.807, 2.05) is 12.1 Å². The van der Waals surface area contributed by atoms with Gasteiger partial charge in [-0.1, -0.05) is 6.07 Å². The third kappa shape index (κ3) is 2.59. The van der Waals surface area contributed by atoms with Crippen LogP contribution in [0.25, 0.3) is 0 Å². The van der Waals surface area contributed by atoms with E-state index >= 15 is 0 Å². The van der Waals surface area contributed by atoms with Gasteiger partial charge in [0.15, 0.2) is 0 Å². The van der Waals surface area contributed by atoms with E-state index in [1.54, 1.807) is 42.5 Å². The second kappa shape index (κ2) is 5.48. The van der Waals surface area contributed by atoms with E-state index in [4.69, 9.17) is 15.3 Å². The van der Waals surface area contributed by atoms with Crippen LogP contribution >= 0.6 is 0 Å². The van der Waals surface area contributed by atoms with Crippen LogP contribution in [0.1, 0.15) is 21.5 Å². The third-order valence-corrected chi connectivity index (χ3v) is 2.50. The molecule has 0 N–H and O–H groups in total. The minimum absolute atomic E-state index is 0.199. The van der Waals surface area contributed by atoms with Crippen molar-refractivity contribution >= 4 is 6.29 Å². The number of nitriles is 2. The number of rotatable bonds is 3. The quantitative estimate of drug-likeness (QED) is 0.782. The zero-order valence-electron chi connectivity index (χ0n) is 9.83. The molecule has 0 aromatic heterocycles. The molecule has 0 radical (unpaired) electrons. The van der Waals surface area contributed by atoms with Gasteiger partial charge in [-0.2, -0.15) is 10.5 Å². The number of aldehydes is 1. The molecule has 0 spiro atoms. The summed E-state index contributed by atoms with van der Waals surface area (Å²) >= 11 is 0. The van der Waals surface area contributed by atoms with Crippen LogP contribution in [-0.2, 0) is 0 Å². The molecule has 2 rings (SSSR count). The Bertz CT molecular complexity index is 692. The van der Waals surface area contributed by atoms with Crippen LogP contribution in [0.3, 0.4) is 0 Å². The number of carbonyl (C=O) groups is 1. The molecule has 0 bridgehead atoms. The van der Waals surface area contributed by atoms with Crippen molar-refractivity contribution in [3.05, 3.63) is 59.2 Å². The van der Waals surface area contributed by atoms with Gasteiger partial charge in [-0.3, -0.25) is 4.79 Å². The van der Waals surface area contributed by atoms with Gasteiger partial charge in [-0.05, 0) is 36.4 Å². The normalized spacial score (nSPS) is 9.16. The highest BCUT2D eigenvalue weighted by molar-refractivity contribution is 5.74. The van der Waals surface area contributed by atoms with E-state index in [1.165, 1.54) is 0 Å². The first-order valence-electron chi connectivity index (χ1n) is 5.45. The highest BCUT2D eigenvalue weighted by atomic mass is 16.5. The molecular weight excluding hydrogens is 240 g/mol. The molecule has 0 saturated heterocycles. The molecule has 0 aliphatic carbocycles. The van der Waals surface area contributed by atoms with Gasteiger partial charge in [0.05, 0.1) is 5.56 Å². The maximum atomic E-state index is 10.5. The Hall–Kier alpha value is -3.11. The lowest BCUT2D eigenvalue weighted by Gasteiger charge is -2.08. The summed E-state index contributed by atoms with van der Waals surface area (Å²) in [7, 11) is 0. The Morgan fingerprint density at radius 2 is 1.74 bits per heavy atom. The van der Waals surface area contributed by atoms with Gasteiger partial charge < -0.3 is 4.74 Å². The highest BCUT2D eigenvalue weighted by Crippen LogP contribution is 2.27.